The van der Waals surface area contributed by atoms with E-state index in [1.165, 1.54) is 51.6 Å². The third kappa shape index (κ3) is 4.46. The first-order chi connectivity index (χ1) is 9.36. The summed E-state index contributed by atoms with van der Waals surface area (Å²) < 4.78 is 0. The van der Waals surface area contributed by atoms with Crippen molar-refractivity contribution in [3.8, 4) is 0 Å². The molecular weight excluding hydrogens is 244 g/mol. The molecule has 118 valence electrons. The molecule has 1 saturated carbocycles. The quantitative estimate of drug-likeness (QED) is 0.843. The van der Waals surface area contributed by atoms with E-state index in [2.05, 4.69) is 45.0 Å². The lowest BCUT2D eigenvalue weighted by atomic mass is 9.70. The summed E-state index contributed by atoms with van der Waals surface area (Å²) >= 11 is 0. The first kappa shape index (κ1) is 16.3. The summed E-state index contributed by atoms with van der Waals surface area (Å²) in [5.41, 5.74) is 0.516. The molecule has 2 rings (SSSR count). The minimum absolute atomic E-state index is 0.516. The molecule has 2 aliphatic rings. The van der Waals surface area contributed by atoms with Crippen LogP contribution in [0, 0.1) is 17.3 Å². The Labute approximate surface area is 126 Å². The lowest BCUT2D eigenvalue weighted by molar-refractivity contribution is 0.137. The second-order valence-electron chi connectivity index (χ2n) is 8.54. The number of likely N-dealkylation sites (tertiary alicyclic amines) is 1. The second-order valence-corrected chi connectivity index (χ2v) is 8.54. The Bertz CT molecular complexity index is 286. The van der Waals surface area contributed by atoms with E-state index in [9.17, 15) is 0 Å². The zero-order valence-electron chi connectivity index (χ0n) is 14.4. The van der Waals surface area contributed by atoms with Crippen molar-refractivity contribution in [2.45, 2.75) is 78.3 Å². The van der Waals surface area contributed by atoms with Gasteiger partial charge >= 0.3 is 0 Å². The molecule has 0 radical (unpaired) electrons. The molecule has 0 aromatic heterocycles. The van der Waals surface area contributed by atoms with Gasteiger partial charge in [0.1, 0.15) is 0 Å². The molecule has 1 N–H and O–H groups in total. The van der Waals surface area contributed by atoms with E-state index >= 15 is 0 Å². The normalized spacial score (nSPS) is 37.0. The average Bonchev–Trinajstić information content (AvgIpc) is 2.40. The van der Waals surface area contributed by atoms with Crippen LogP contribution in [0.3, 0.4) is 0 Å². The SMILES string of the molecule is CC1CC(NCC2CCC(C(C)(C)C)CC2)CCN1C. The number of hydrogen-bond donors (Lipinski definition) is 1. The molecule has 1 heterocycles. The molecule has 0 bridgehead atoms. The zero-order chi connectivity index (χ0) is 14.8. The highest BCUT2D eigenvalue weighted by molar-refractivity contribution is 4.84. The molecular formula is C18H36N2. The smallest absolute Gasteiger partial charge is 0.00941 e. The van der Waals surface area contributed by atoms with Crippen LogP contribution >= 0.6 is 0 Å². The van der Waals surface area contributed by atoms with E-state index in [0.29, 0.717) is 5.41 Å². The van der Waals surface area contributed by atoms with Crippen LogP contribution in [-0.2, 0) is 0 Å². The van der Waals surface area contributed by atoms with Crippen LogP contribution in [0.4, 0.5) is 0 Å². The van der Waals surface area contributed by atoms with E-state index < -0.39 is 0 Å². The van der Waals surface area contributed by atoms with Crippen molar-refractivity contribution in [2.75, 3.05) is 20.1 Å². The molecule has 2 fully saturated rings. The van der Waals surface area contributed by atoms with Crippen LogP contribution < -0.4 is 5.32 Å². The number of rotatable bonds is 3. The molecule has 1 saturated heterocycles. The van der Waals surface area contributed by atoms with Gasteiger partial charge in [0, 0.05) is 12.1 Å². The van der Waals surface area contributed by atoms with E-state index in [4.69, 9.17) is 0 Å². The van der Waals surface area contributed by atoms with E-state index in [0.717, 1.165) is 23.9 Å². The van der Waals surface area contributed by atoms with Gasteiger partial charge in [0.15, 0.2) is 0 Å². The molecule has 20 heavy (non-hydrogen) atoms. The molecule has 2 unspecified atom stereocenters. The van der Waals surface area contributed by atoms with Gasteiger partial charge in [-0.15, -0.1) is 0 Å². The maximum atomic E-state index is 3.87. The largest absolute Gasteiger partial charge is 0.314 e. The maximum Gasteiger partial charge on any atom is 0.00941 e. The summed E-state index contributed by atoms with van der Waals surface area (Å²) in [5, 5.41) is 3.87. The first-order valence-electron chi connectivity index (χ1n) is 8.80. The molecule has 1 aliphatic carbocycles. The first-order valence-corrected chi connectivity index (χ1v) is 8.80. The lowest BCUT2D eigenvalue weighted by Gasteiger charge is -2.39. The van der Waals surface area contributed by atoms with Crippen molar-refractivity contribution in [2.24, 2.45) is 17.3 Å². The molecule has 2 nitrogen and oxygen atoms in total. The Morgan fingerprint density at radius 2 is 1.70 bits per heavy atom. The predicted octanol–water partition coefficient (Wildman–Crippen LogP) is 3.91. The van der Waals surface area contributed by atoms with Crippen LogP contribution in [0.5, 0.6) is 0 Å². The summed E-state index contributed by atoms with van der Waals surface area (Å²) in [5.74, 6) is 1.88. The fourth-order valence-electron chi connectivity index (χ4n) is 4.04. The van der Waals surface area contributed by atoms with Crippen molar-refractivity contribution in [1.29, 1.82) is 0 Å². The summed E-state index contributed by atoms with van der Waals surface area (Å²) in [6.45, 7) is 12.1. The standard InChI is InChI=1S/C18H36N2/c1-14-12-17(10-11-20(14)5)19-13-15-6-8-16(9-7-15)18(2,3)4/h14-17,19H,6-13H2,1-5H3. The molecule has 0 aromatic rings. The van der Waals surface area contributed by atoms with Crippen molar-refractivity contribution < 1.29 is 0 Å². The number of hydrogen-bond acceptors (Lipinski definition) is 2. The van der Waals surface area contributed by atoms with Crippen LogP contribution in [0.1, 0.15) is 66.2 Å². The predicted molar refractivity (Wildman–Crippen MR) is 88.0 cm³/mol. The van der Waals surface area contributed by atoms with Gasteiger partial charge in [-0.3, -0.25) is 0 Å². The summed E-state index contributed by atoms with van der Waals surface area (Å²) in [4.78, 5) is 2.49. The summed E-state index contributed by atoms with van der Waals surface area (Å²) in [6, 6.07) is 1.51. The monoisotopic (exact) mass is 280 g/mol. The molecule has 0 aromatic carbocycles. The second kappa shape index (κ2) is 6.79. The van der Waals surface area contributed by atoms with Gasteiger partial charge in [0.2, 0.25) is 0 Å². The van der Waals surface area contributed by atoms with Crippen molar-refractivity contribution >= 4 is 0 Å². The highest BCUT2D eigenvalue weighted by Gasteiger charge is 2.30. The minimum atomic E-state index is 0.516. The van der Waals surface area contributed by atoms with Gasteiger partial charge in [0.25, 0.3) is 0 Å². The average molecular weight is 280 g/mol. The van der Waals surface area contributed by atoms with Gasteiger partial charge in [-0.25, -0.2) is 0 Å². The highest BCUT2D eigenvalue weighted by atomic mass is 15.1. The van der Waals surface area contributed by atoms with Gasteiger partial charge in [-0.2, -0.15) is 0 Å². The highest BCUT2D eigenvalue weighted by Crippen LogP contribution is 2.39. The van der Waals surface area contributed by atoms with Crippen molar-refractivity contribution in [3.63, 3.8) is 0 Å². The third-order valence-corrected chi connectivity index (χ3v) is 5.98. The number of nitrogens with zero attached hydrogens (tertiary/aromatic N) is 1. The van der Waals surface area contributed by atoms with Crippen LogP contribution in [0.2, 0.25) is 0 Å². The third-order valence-electron chi connectivity index (χ3n) is 5.98. The van der Waals surface area contributed by atoms with Crippen molar-refractivity contribution in [1.82, 2.24) is 10.2 Å². The number of piperidine rings is 1. The molecule has 0 spiro atoms. The van der Waals surface area contributed by atoms with Gasteiger partial charge in [-0.1, -0.05) is 20.8 Å². The van der Waals surface area contributed by atoms with Gasteiger partial charge < -0.3 is 10.2 Å². The lowest BCUT2D eigenvalue weighted by Crippen LogP contribution is -2.46. The Morgan fingerprint density at radius 3 is 2.25 bits per heavy atom. The molecule has 2 heteroatoms. The van der Waals surface area contributed by atoms with Gasteiger partial charge in [-0.05, 0) is 82.8 Å². The Hall–Kier alpha value is -0.0800. The summed E-state index contributed by atoms with van der Waals surface area (Å²) in [6.07, 6.45) is 8.43. The minimum Gasteiger partial charge on any atom is -0.314 e. The summed E-state index contributed by atoms with van der Waals surface area (Å²) in [7, 11) is 2.26. The van der Waals surface area contributed by atoms with E-state index in [-0.39, 0.29) is 0 Å². The fourth-order valence-corrected chi connectivity index (χ4v) is 4.04. The van der Waals surface area contributed by atoms with E-state index in [1.807, 2.05) is 0 Å². The number of nitrogens with one attached hydrogen (secondary N) is 1. The van der Waals surface area contributed by atoms with E-state index in [1.54, 1.807) is 0 Å². The Kier molecular flexibility index (Phi) is 5.53. The maximum absolute atomic E-state index is 3.87. The Morgan fingerprint density at radius 1 is 1.05 bits per heavy atom. The fraction of sp³-hybridized carbons (Fsp3) is 1.00. The molecule has 1 aliphatic heterocycles. The van der Waals surface area contributed by atoms with Gasteiger partial charge in [0.05, 0.1) is 0 Å². The zero-order valence-corrected chi connectivity index (χ0v) is 14.4. The molecule has 0 amide bonds. The van der Waals surface area contributed by atoms with Crippen LogP contribution in [-0.4, -0.2) is 37.1 Å². The molecule has 2 atom stereocenters. The van der Waals surface area contributed by atoms with Crippen LogP contribution in [0.25, 0.3) is 0 Å². The Balaban J connectivity index is 1.66. The topological polar surface area (TPSA) is 15.3 Å². The van der Waals surface area contributed by atoms with Crippen molar-refractivity contribution in [3.05, 3.63) is 0 Å². The van der Waals surface area contributed by atoms with Crippen LogP contribution in [0.15, 0.2) is 0 Å².